The Morgan fingerprint density at radius 3 is 2.39 bits per heavy atom. The topological polar surface area (TPSA) is 92.9 Å². The summed E-state index contributed by atoms with van der Waals surface area (Å²) in [5, 5.41) is 5.63. The van der Waals surface area contributed by atoms with Crippen LogP contribution in [0.25, 0.3) is 5.69 Å². The lowest BCUT2D eigenvalue weighted by molar-refractivity contribution is 0.102. The van der Waals surface area contributed by atoms with Gasteiger partial charge in [0.25, 0.3) is 11.5 Å². The molecule has 3 aromatic rings. The lowest BCUT2D eigenvalue weighted by atomic mass is 10.2. The van der Waals surface area contributed by atoms with Crippen molar-refractivity contribution >= 4 is 17.3 Å². The predicted octanol–water partition coefficient (Wildman–Crippen LogP) is 2.31. The number of aryl methyl sites for hydroxylation is 1. The van der Waals surface area contributed by atoms with Crippen molar-refractivity contribution < 1.29 is 4.79 Å². The van der Waals surface area contributed by atoms with Crippen molar-refractivity contribution in [2.24, 2.45) is 0 Å². The van der Waals surface area contributed by atoms with E-state index in [2.05, 4.69) is 10.4 Å². The SMILES string of the molecule is Cc1[nH]n(-c2ccccc2)c(=O)c1C(=O)Nc1ccc(N)cc1. The first-order valence-electron chi connectivity index (χ1n) is 7.10. The molecule has 0 spiro atoms. The maximum atomic E-state index is 12.5. The highest BCUT2D eigenvalue weighted by atomic mass is 16.2. The van der Waals surface area contributed by atoms with Crippen molar-refractivity contribution in [1.82, 2.24) is 9.78 Å². The van der Waals surface area contributed by atoms with Crippen LogP contribution in [0.1, 0.15) is 16.1 Å². The first kappa shape index (κ1) is 14.6. The average molecular weight is 308 g/mol. The van der Waals surface area contributed by atoms with E-state index in [1.54, 1.807) is 43.3 Å². The van der Waals surface area contributed by atoms with E-state index < -0.39 is 5.91 Å². The highest BCUT2D eigenvalue weighted by Gasteiger charge is 2.19. The Balaban J connectivity index is 1.94. The highest BCUT2D eigenvalue weighted by Crippen LogP contribution is 2.13. The summed E-state index contributed by atoms with van der Waals surface area (Å²) in [6, 6.07) is 15.8. The first-order chi connectivity index (χ1) is 11.1. The van der Waals surface area contributed by atoms with E-state index in [0.717, 1.165) is 0 Å². The maximum Gasteiger partial charge on any atom is 0.284 e. The van der Waals surface area contributed by atoms with Crippen LogP contribution in [0.3, 0.4) is 0 Å². The molecule has 4 N–H and O–H groups in total. The standard InChI is InChI=1S/C17H16N4O2/c1-11-15(16(22)19-13-9-7-12(18)8-10-13)17(23)21(20-11)14-5-3-2-4-6-14/h2-10,20H,18H2,1H3,(H,19,22). The van der Waals surface area contributed by atoms with Gasteiger partial charge in [0.15, 0.2) is 0 Å². The summed E-state index contributed by atoms with van der Waals surface area (Å²) in [7, 11) is 0. The number of nitrogens with zero attached hydrogens (tertiary/aromatic N) is 1. The Bertz CT molecular complexity index is 893. The summed E-state index contributed by atoms with van der Waals surface area (Å²) in [6.07, 6.45) is 0. The zero-order valence-electron chi connectivity index (χ0n) is 12.5. The van der Waals surface area contributed by atoms with Crippen LogP contribution in [0.4, 0.5) is 11.4 Å². The van der Waals surface area contributed by atoms with Gasteiger partial charge in [0, 0.05) is 17.1 Å². The van der Waals surface area contributed by atoms with Crippen LogP contribution < -0.4 is 16.6 Å². The number of carbonyl (C=O) groups excluding carboxylic acids is 1. The van der Waals surface area contributed by atoms with Crippen molar-refractivity contribution in [1.29, 1.82) is 0 Å². The van der Waals surface area contributed by atoms with Crippen molar-refractivity contribution in [3.63, 3.8) is 0 Å². The molecule has 3 rings (SSSR count). The molecule has 6 heteroatoms. The van der Waals surface area contributed by atoms with E-state index in [4.69, 9.17) is 5.73 Å². The molecule has 0 aliphatic heterocycles. The maximum absolute atomic E-state index is 12.5. The van der Waals surface area contributed by atoms with Crippen LogP contribution in [0.5, 0.6) is 0 Å². The van der Waals surface area contributed by atoms with Gasteiger partial charge in [-0.2, -0.15) is 0 Å². The third kappa shape index (κ3) is 2.87. The molecule has 1 amide bonds. The molecule has 0 unspecified atom stereocenters. The summed E-state index contributed by atoms with van der Waals surface area (Å²) in [5.74, 6) is -0.455. The number of aromatic amines is 1. The van der Waals surface area contributed by atoms with E-state index >= 15 is 0 Å². The Morgan fingerprint density at radius 2 is 1.74 bits per heavy atom. The Hall–Kier alpha value is -3.28. The zero-order valence-corrected chi connectivity index (χ0v) is 12.5. The van der Waals surface area contributed by atoms with Crippen LogP contribution in [-0.4, -0.2) is 15.7 Å². The number of nitrogens with two attached hydrogens (primary N) is 1. The molecule has 23 heavy (non-hydrogen) atoms. The van der Waals surface area contributed by atoms with E-state index in [9.17, 15) is 9.59 Å². The molecule has 1 aromatic heterocycles. The number of hydrogen-bond acceptors (Lipinski definition) is 3. The normalized spacial score (nSPS) is 10.5. The fourth-order valence-electron chi connectivity index (χ4n) is 2.33. The van der Waals surface area contributed by atoms with E-state index in [0.29, 0.717) is 22.8 Å². The van der Waals surface area contributed by atoms with Gasteiger partial charge in [0.1, 0.15) is 5.56 Å². The number of nitrogens with one attached hydrogen (secondary N) is 2. The number of para-hydroxylation sites is 1. The van der Waals surface area contributed by atoms with Gasteiger partial charge >= 0.3 is 0 Å². The molecule has 0 fully saturated rings. The van der Waals surface area contributed by atoms with Gasteiger partial charge in [-0.1, -0.05) is 18.2 Å². The molecular formula is C17H16N4O2. The van der Waals surface area contributed by atoms with Crippen LogP contribution >= 0.6 is 0 Å². The molecule has 1 heterocycles. The number of benzene rings is 2. The van der Waals surface area contributed by atoms with Crippen molar-refractivity contribution in [2.75, 3.05) is 11.1 Å². The molecule has 0 saturated heterocycles. The second-order valence-electron chi connectivity index (χ2n) is 5.16. The third-order valence-electron chi connectivity index (χ3n) is 3.48. The second-order valence-corrected chi connectivity index (χ2v) is 5.16. The molecule has 0 saturated carbocycles. The fraction of sp³-hybridized carbons (Fsp3) is 0.0588. The van der Waals surface area contributed by atoms with Crippen LogP contribution in [0.15, 0.2) is 59.4 Å². The Kier molecular flexibility index (Phi) is 3.72. The quantitative estimate of drug-likeness (QED) is 0.648. The van der Waals surface area contributed by atoms with Crippen molar-refractivity contribution in [3.8, 4) is 5.69 Å². The first-order valence-corrected chi connectivity index (χ1v) is 7.10. The molecule has 0 atom stereocenters. The van der Waals surface area contributed by atoms with Gasteiger partial charge in [0.2, 0.25) is 0 Å². The largest absolute Gasteiger partial charge is 0.399 e. The molecule has 0 radical (unpaired) electrons. The summed E-state index contributed by atoms with van der Waals surface area (Å²) in [4.78, 5) is 24.9. The lowest BCUT2D eigenvalue weighted by Crippen LogP contribution is -2.24. The Labute approximate surface area is 132 Å². The molecule has 116 valence electrons. The number of rotatable bonds is 3. The summed E-state index contributed by atoms with van der Waals surface area (Å²) in [5.41, 5.74) is 7.68. The average Bonchev–Trinajstić information content (AvgIpc) is 2.85. The predicted molar refractivity (Wildman–Crippen MR) is 89.9 cm³/mol. The number of hydrogen-bond donors (Lipinski definition) is 3. The minimum atomic E-state index is -0.455. The van der Waals surface area contributed by atoms with E-state index in [1.165, 1.54) is 4.68 Å². The number of H-pyrrole nitrogens is 1. The smallest absolute Gasteiger partial charge is 0.284 e. The minimum Gasteiger partial charge on any atom is -0.399 e. The minimum absolute atomic E-state index is 0.0886. The van der Waals surface area contributed by atoms with Gasteiger partial charge in [-0.15, -0.1) is 0 Å². The van der Waals surface area contributed by atoms with Crippen LogP contribution in [0.2, 0.25) is 0 Å². The summed E-state index contributed by atoms with van der Waals surface area (Å²) >= 11 is 0. The number of nitrogen functional groups attached to an aromatic ring is 1. The van der Waals surface area contributed by atoms with Gasteiger partial charge in [-0.3, -0.25) is 14.7 Å². The van der Waals surface area contributed by atoms with Crippen molar-refractivity contribution in [2.45, 2.75) is 6.92 Å². The molecule has 0 aliphatic carbocycles. The number of carbonyl (C=O) groups is 1. The number of aromatic nitrogens is 2. The molecule has 6 nitrogen and oxygen atoms in total. The number of amides is 1. The lowest BCUT2D eigenvalue weighted by Gasteiger charge is -2.04. The highest BCUT2D eigenvalue weighted by molar-refractivity contribution is 6.04. The molecule has 2 aromatic carbocycles. The molecular weight excluding hydrogens is 292 g/mol. The zero-order chi connectivity index (χ0) is 16.4. The van der Waals surface area contributed by atoms with E-state index in [1.807, 2.05) is 18.2 Å². The monoisotopic (exact) mass is 308 g/mol. The second kappa shape index (κ2) is 5.84. The van der Waals surface area contributed by atoms with Gasteiger partial charge in [-0.25, -0.2) is 4.68 Å². The number of anilines is 2. The van der Waals surface area contributed by atoms with E-state index in [-0.39, 0.29) is 11.1 Å². The van der Waals surface area contributed by atoms with Crippen LogP contribution in [0, 0.1) is 6.92 Å². The van der Waals surface area contributed by atoms with Gasteiger partial charge in [-0.05, 0) is 43.3 Å². The van der Waals surface area contributed by atoms with Crippen LogP contribution in [-0.2, 0) is 0 Å². The van der Waals surface area contributed by atoms with Gasteiger partial charge < -0.3 is 11.1 Å². The fourth-order valence-corrected chi connectivity index (χ4v) is 2.33. The van der Waals surface area contributed by atoms with Gasteiger partial charge in [0.05, 0.1) is 5.69 Å². The Morgan fingerprint density at radius 1 is 1.09 bits per heavy atom. The summed E-state index contributed by atoms with van der Waals surface area (Å²) in [6.45, 7) is 1.69. The summed E-state index contributed by atoms with van der Waals surface area (Å²) < 4.78 is 1.35. The molecule has 0 aliphatic rings. The third-order valence-corrected chi connectivity index (χ3v) is 3.48. The van der Waals surface area contributed by atoms with Crippen molar-refractivity contribution in [3.05, 3.63) is 76.2 Å². The molecule has 0 bridgehead atoms.